The van der Waals surface area contributed by atoms with Crippen molar-refractivity contribution in [2.24, 2.45) is 11.3 Å². The molecular weight excluding hydrogens is 160 g/mol. The average molecular weight is 180 g/mol. The van der Waals surface area contributed by atoms with Gasteiger partial charge in [-0.1, -0.05) is 20.3 Å². The lowest BCUT2D eigenvalue weighted by atomic mass is 10.0. The van der Waals surface area contributed by atoms with Crippen LogP contribution >= 0.6 is 0 Å². The Labute approximate surface area is 81.3 Å². The van der Waals surface area contributed by atoms with Crippen molar-refractivity contribution < 1.29 is 0 Å². The van der Waals surface area contributed by atoms with E-state index in [0.29, 0.717) is 5.41 Å². The number of hydrogen-bond donors (Lipinski definition) is 1. The fourth-order valence-electron chi connectivity index (χ4n) is 1.49. The van der Waals surface area contributed by atoms with Crippen LogP contribution in [0, 0.1) is 22.7 Å². The van der Waals surface area contributed by atoms with Crippen LogP contribution in [0.3, 0.4) is 0 Å². The van der Waals surface area contributed by atoms with Crippen LogP contribution in [0.1, 0.15) is 39.5 Å². The molecule has 1 saturated carbocycles. The average Bonchev–Trinajstić information content (AvgIpc) is 2.86. The minimum Gasteiger partial charge on any atom is -0.316 e. The van der Waals surface area contributed by atoms with Gasteiger partial charge in [-0.2, -0.15) is 5.26 Å². The fourth-order valence-corrected chi connectivity index (χ4v) is 1.49. The molecule has 0 aromatic carbocycles. The largest absolute Gasteiger partial charge is 0.316 e. The molecule has 0 bridgehead atoms. The monoisotopic (exact) mass is 180 g/mol. The summed E-state index contributed by atoms with van der Waals surface area (Å²) in [6.45, 7) is 6.62. The van der Waals surface area contributed by atoms with Crippen LogP contribution in [-0.4, -0.2) is 13.1 Å². The summed E-state index contributed by atoms with van der Waals surface area (Å²) < 4.78 is 0. The van der Waals surface area contributed by atoms with Gasteiger partial charge in [0, 0.05) is 13.0 Å². The van der Waals surface area contributed by atoms with Crippen molar-refractivity contribution >= 4 is 0 Å². The van der Waals surface area contributed by atoms with Crippen LogP contribution in [-0.2, 0) is 0 Å². The van der Waals surface area contributed by atoms with Crippen molar-refractivity contribution in [3.63, 3.8) is 0 Å². The van der Waals surface area contributed by atoms with Crippen LogP contribution in [0.4, 0.5) is 0 Å². The summed E-state index contributed by atoms with van der Waals surface area (Å²) in [5, 5.41) is 12.1. The Morgan fingerprint density at radius 1 is 1.54 bits per heavy atom. The number of nitriles is 1. The first-order valence-corrected chi connectivity index (χ1v) is 5.30. The first-order valence-electron chi connectivity index (χ1n) is 5.30. The first-order chi connectivity index (χ1) is 6.22. The third kappa shape index (κ3) is 3.36. The van der Waals surface area contributed by atoms with Crippen LogP contribution in [0.2, 0.25) is 0 Å². The van der Waals surface area contributed by atoms with E-state index in [4.69, 9.17) is 5.26 Å². The van der Waals surface area contributed by atoms with Gasteiger partial charge in [-0.25, -0.2) is 0 Å². The van der Waals surface area contributed by atoms with Gasteiger partial charge in [-0.05, 0) is 30.7 Å². The summed E-state index contributed by atoms with van der Waals surface area (Å²) in [7, 11) is 0. The third-order valence-electron chi connectivity index (χ3n) is 3.10. The zero-order valence-electron chi connectivity index (χ0n) is 8.77. The Hall–Kier alpha value is -0.550. The van der Waals surface area contributed by atoms with Gasteiger partial charge in [0.1, 0.15) is 0 Å². The minimum atomic E-state index is 0.363. The van der Waals surface area contributed by atoms with Gasteiger partial charge < -0.3 is 5.32 Å². The van der Waals surface area contributed by atoms with Gasteiger partial charge in [-0.3, -0.25) is 0 Å². The van der Waals surface area contributed by atoms with Gasteiger partial charge in [0.2, 0.25) is 0 Å². The normalized spacial score (nSPS) is 20.7. The molecule has 0 radical (unpaired) electrons. The van der Waals surface area contributed by atoms with Crippen molar-refractivity contribution in [1.29, 1.82) is 5.26 Å². The highest BCUT2D eigenvalue weighted by Crippen LogP contribution is 2.47. The highest BCUT2D eigenvalue weighted by atomic mass is 14.9. The summed E-state index contributed by atoms with van der Waals surface area (Å²) in [6.07, 6.45) is 4.46. The van der Waals surface area contributed by atoms with E-state index < -0.39 is 0 Å². The van der Waals surface area contributed by atoms with Crippen molar-refractivity contribution in [3.05, 3.63) is 0 Å². The molecule has 1 atom stereocenters. The lowest BCUT2D eigenvalue weighted by molar-refractivity contribution is 0.424. The predicted molar refractivity (Wildman–Crippen MR) is 54.2 cm³/mol. The van der Waals surface area contributed by atoms with E-state index in [2.05, 4.69) is 25.2 Å². The summed E-state index contributed by atoms with van der Waals surface area (Å²) in [5.74, 6) is 0.762. The van der Waals surface area contributed by atoms with E-state index in [1.807, 2.05) is 0 Å². The van der Waals surface area contributed by atoms with E-state index >= 15 is 0 Å². The third-order valence-corrected chi connectivity index (χ3v) is 3.10. The molecule has 0 aliphatic heterocycles. The highest BCUT2D eigenvalue weighted by Gasteiger charge is 2.41. The molecule has 1 aliphatic carbocycles. The van der Waals surface area contributed by atoms with Gasteiger partial charge in [0.15, 0.2) is 0 Å². The molecule has 1 unspecified atom stereocenters. The smallest absolute Gasteiger partial charge is 0.0628 e. The number of hydrogen-bond acceptors (Lipinski definition) is 2. The molecular formula is C11H20N2. The standard InChI is InChI=1S/C11H20N2/c1-3-10(2)8-13-9-11(4-5-11)6-7-12/h10,13H,3-6,8-9H2,1-2H3. The Balaban J connectivity index is 2.09. The fraction of sp³-hybridized carbons (Fsp3) is 0.909. The molecule has 74 valence electrons. The molecule has 2 nitrogen and oxygen atoms in total. The predicted octanol–water partition coefficient (Wildman–Crippen LogP) is 2.32. The van der Waals surface area contributed by atoms with Gasteiger partial charge >= 0.3 is 0 Å². The lowest BCUT2D eigenvalue weighted by Gasteiger charge is -2.14. The van der Waals surface area contributed by atoms with E-state index in [-0.39, 0.29) is 0 Å². The van der Waals surface area contributed by atoms with Crippen molar-refractivity contribution in [1.82, 2.24) is 5.32 Å². The maximum Gasteiger partial charge on any atom is 0.0628 e. The Kier molecular flexibility index (Phi) is 3.74. The molecule has 0 amide bonds. The minimum absolute atomic E-state index is 0.363. The van der Waals surface area contributed by atoms with Crippen molar-refractivity contribution in [2.45, 2.75) is 39.5 Å². The highest BCUT2D eigenvalue weighted by molar-refractivity contribution is 5.00. The molecule has 0 aromatic heterocycles. The van der Waals surface area contributed by atoms with Gasteiger partial charge in [-0.15, -0.1) is 0 Å². The SMILES string of the molecule is CCC(C)CNCC1(CC#N)CC1. The van der Waals surface area contributed by atoms with E-state index in [9.17, 15) is 0 Å². The van der Waals surface area contributed by atoms with Crippen LogP contribution in [0.15, 0.2) is 0 Å². The van der Waals surface area contributed by atoms with Crippen molar-refractivity contribution in [2.75, 3.05) is 13.1 Å². The Bertz CT molecular complexity index is 189. The molecule has 2 heteroatoms. The maximum atomic E-state index is 8.62. The van der Waals surface area contributed by atoms with Gasteiger partial charge in [0.05, 0.1) is 6.07 Å². The quantitative estimate of drug-likeness (QED) is 0.681. The molecule has 0 saturated heterocycles. The van der Waals surface area contributed by atoms with Crippen LogP contribution in [0.25, 0.3) is 0 Å². The maximum absolute atomic E-state index is 8.62. The molecule has 1 aliphatic rings. The van der Waals surface area contributed by atoms with Crippen LogP contribution < -0.4 is 5.32 Å². The Morgan fingerprint density at radius 2 is 2.23 bits per heavy atom. The van der Waals surface area contributed by atoms with E-state index in [1.54, 1.807) is 0 Å². The number of rotatable bonds is 6. The number of nitrogens with one attached hydrogen (secondary N) is 1. The second kappa shape index (κ2) is 4.62. The molecule has 1 rings (SSSR count). The van der Waals surface area contributed by atoms with Crippen LogP contribution in [0.5, 0.6) is 0 Å². The van der Waals surface area contributed by atoms with Gasteiger partial charge in [0.25, 0.3) is 0 Å². The topological polar surface area (TPSA) is 35.8 Å². The first kappa shape index (κ1) is 10.5. The number of nitrogens with zero attached hydrogens (tertiary/aromatic N) is 1. The van der Waals surface area contributed by atoms with E-state index in [1.165, 1.54) is 19.3 Å². The molecule has 0 aromatic rings. The second-order valence-electron chi connectivity index (χ2n) is 4.48. The summed E-state index contributed by atoms with van der Waals surface area (Å²) in [6, 6.07) is 2.28. The summed E-state index contributed by atoms with van der Waals surface area (Å²) >= 11 is 0. The zero-order valence-corrected chi connectivity index (χ0v) is 8.77. The molecule has 0 spiro atoms. The van der Waals surface area contributed by atoms with Crippen molar-refractivity contribution in [3.8, 4) is 6.07 Å². The molecule has 1 fully saturated rings. The zero-order chi connectivity index (χ0) is 9.73. The van der Waals surface area contributed by atoms with E-state index in [0.717, 1.165) is 25.4 Å². The molecule has 1 N–H and O–H groups in total. The lowest BCUT2D eigenvalue weighted by Crippen LogP contribution is -2.27. The molecule has 0 heterocycles. The Morgan fingerprint density at radius 3 is 2.69 bits per heavy atom. The second-order valence-corrected chi connectivity index (χ2v) is 4.48. The summed E-state index contributed by atoms with van der Waals surface area (Å²) in [5.41, 5.74) is 0.363. The molecule has 13 heavy (non-hydrogen) atoms. The summed E-state index contributed by atoms with van der Waals surface area (Å²) in [4.78, 5) is 0.